The van der Waals surface area contributed by atoms with Gasteiger partial charge in [-0.25, -0.2) is 4.98 Å². The van der Waals surface area contributed by atoms with Gasteiger partial charge in [0.2, 0.25) is 0 Å². The van der Waals surface area contributed by atoms with Gasteiger partial charge in [0, 0.05) is 19.3 Å². The van der Waals surface area contributed by atoms with Crippen LogP contribution in [-0.4, -0.2) is 18.1 Å². The van der Waals surface area contributed by atoms with Crippen LogP contribution in [0.25, 0.3) is 0 Å². The molecular formula is C14H24N2. The van der Waals surface area contributed by atoms with Crippen LogP contribution >= 0.6 is 0 Å². The summed E-state index contributed by atoms with van der Waals surface area (Å²) in [5.41, 5.74) is 1.30. The zero-order valence-corrected chi connectivity index (χ0v) is 10.9. The lowest BCUT2D eigenvalue weighted by Gasteiger charge is -2.21. The molecule has 0 aromatic carbocycles. The molecule has 0 aliphatic carbocycles. The number of nitrogens with zero attached hydrogens (tertiary/aromatic N) is 2. The van der Waals surface area contributed by atoms with E-state index in [1.165, 1.54) is 44.3 Å². The first-order chi connectivity index (χ1) is 7.86. The fraction of sp³-hybridized carbons (Fsp3) is 0.643. The number of hydrogen-bond donors (Lipinski definition) is 0. The van der Waals surface area contributed by atoms with Crippen molar-refractivity contribution in [3.05, 3.63) is 23.9 Å². The lowest BCUT2D eigenvalue weighted by atomic mass is 10.2. The second-order valence-electron chi connectivity index (χ2n) is 4.09. The maximum atomic E-state index is 4.43. The maximum Gasteiger partial charge on any atom is 0.128 e. The Balaban J connectivity index is 0.000000606. The highest BCUT2D eigenvalue weighted by atomic mass is 15.2. The smallest absolute Gasteiger partial charge is 0.128 e. The lowest BCUT2D eigenvalue weighted by molar-refractivity contribution is 0.726. The topological polar surface area (TPSA) is 16.1 Å². The third kappa shape index (κ3) is 3.84. The molecule has 1 aliphatic heterocycles. The summed E-state index contributed by atoms with van der Waals surface area (Å²) >= 11 is 0. The van der Waals surface area contributed by atoms with Gasteiger partial charge in [-0.3, -0.25) is 0 Å². The average molecular weight is 220 g/mol. The van der Waals surface area contributed by atoms with E-state index in [2.05, 4.69) is 28.9 Å². The molecule has 1 aromatic heterocycles. The number of hydrogen-bond acceptors (Lipinski definition) is 2. The van der Waals surface area contributed by atoms with E-state index in [9.17, 15) is 0 Å². The van der Waals surface area contributed by atoms with Gasteiger partial charge in [-0.05, 0) is 37.5 Å². The summed E-state index contributed by atoms with van der Waals surface area (Å²) < 4.78 is 0. The zero-order valence-electron chi connectivity index (χ0n) is 10.9. The summed E-state index contributed by atoms with van der Waals surface area (Å²) in [6, 6.07) is 4.24. The number of aryl methyl sites for hydroxylation is 1. The first kappa shape index (κ1) is 13.0. The third-order valence-corrected chi connectivity index (χ3v) is 2.83. The first-order valence-corrected chi connectivity index (χ1v) is 6.54. The molecule has 2 rings (SSSR count). The predicted molar refractivity (Wildman–Crippen MR) is 71.0 cm³/mol. The molecule has 2 nitrogen and oxygen atoms in total. The Morgan fingerprint density at radius 2 is 1.69 bits per heavy atom. The van der Waals surface area contributed by atoms with E-state index < -0.39 is 0 Å². The minimum Gasteiger partial charge on any atom is -0.357 e. The van der Waals surface area contributed by atoms with Gasteiger partial charge in [0.05, 0.1) is 0 Å². The van der Waals surface area contributed by atoms with E-state index in [1.807, 2.05) is 20.0 Å². The summed E-state index contributed by atoms with van der Waals surface area (Å²) in [6.45, 7) is 8.48. The van der Waals surface area contributed by atoms with Crippen LogP contribution in [-0.2, 0) is 0 Å². The zero-order chi connectivity index (χ0) is 11.8. The third-order valence-electron chi connectivity index (χ3n) is 2.83. The van der Waals surface area contributed by atoms with E-state index in [0.717, 1.165) is 5.82 Å². The lowest BCUT2D eigenvalue weighted by Crippen LogP contribution is -2.24. The maximum absolute atomic E-state index is 4.43. The summed E-state index contributed by atoms with van der Waals surface area (Å²) in [5.74, 6) is 1.16. The molecule has 0 atom stereocenters. The highest BCUT2D eigenvalue weighted by Gasteiger charge is 2.10. The normalized spacial score (nSPS) is 16.1. The van der Waals surface area contributed by atoms with Crippen molar-refractivity contribution in [1.29, 1.82) is 0 Å². The van der Waals surface area contributed by atoms with Gasteiger partial charge >= 0.3 is 0 Å². The molecule has 0 saturated carbocycles. The van der Waals surface area contributed by atoms with Crippen molar-refractivity contribution in [2.75, 3.05) is 18.0 Å². The van der Waals surface area contributed by atoms with Gasteiger partial charge in [-0.1, -0.05) is 26.7 Å². The molecule has 0 bridgehead atoms. The predicted octanol–water partition coefficient (Wildman–Crippen LogP) is 3.80. The van der Waals surface area contributed by atoms with Crippen LogP contribution in [0.15, 0.2) is 18.3 Å². The Morgan fingerprint density at radius 3 is 2.25 bits per heavy atom. The van der Waals surface area contributed by atoms with Gasteiger partial charge in [0.25, 0.3) is 0 Å². The molecule has 0 unspecified atom stereocenters. The van der Waals surface area contributed by atoms with Gasteiger partial charge in [-0.2, -0.15) is 0 Å². The molecule has 1 aromatic rings. The molecule has 1 aliphatic rings. The summed E-state index contributed by atoms with van der Waals surface area (Å²) in [4.78, 5) is 6.85. The quantitative estimate of drug-likeness (QED) is 0.715. The molecular weight excluding hydrogens is 196 g/mol. The van der Waals surface area contributed by atoms with E-state index in [4.69, 9.17) is 0 Å². The monoisotopic (exact) mass is 220 g/mol. The van der Waals surface area contributed by atoms with Crippen molar-refractivity contribution in [2.45, 2.75) is 46.5 Å². The highest BCUT2D eigenvalue weighted by molar-refractivity contribution is 5.40. The van der Waals surface area contributed by atoms with Gasteiger partial charge < -0.3 is 4.90 Å². The Hall–Kier alpha value is -1.05. The van der Waals surface area contributed by atoms with Crippen molar-refractivity contribution in [1.82, 2.24) is 4.98 Å². The molecule has 1 saturated heterocycles. The Kier molecular flexibility index (Phi) is 5.91. The largest absolute Gasteiger partial charge is 0.357 e. The van der Waals surface area contributed by atoms with E-state index in [0.29, 0.717) is 0 Å². The first-order valence-electron chi connectivity index (χ1n) is 6.54. The van der Waals surface area contributed by atoms with Crippen LogP contribution in [0.1, 0.15) is 45.1 Å². The summed E-state index contributed by atoms with van der Waals surface area (Å²) in [7, 11) is 0. The Bertz CT molecular complexity index is 289. The Labute approximate surface area is 99.7 Å². The molecule has 0 amide bonds. The van der Waals surface area contributed by atoms with Gasteiger partial charge in [0.15, 0.2) is 0 Å². The fourth-order valence-corrected chi connectivity index (χ4v) is 1.99. The van der Waals surface area contributed by atoms with E-state index in [1.54, 1.807) is 0 Å². The van der Waals surface area contributed by atoms with Crippen LogP contribution in [0.2, 0.25) is 0 Å². The van der Waals surface area contributed by atoms with Crippen LogP contribution in [0, 0.1) is 6.92 Å². The molecule has 0 N–H and O–H groups in total. The SMILES string of the molecule is CC.Cc1ccnc(N2CCCCCC2)c1. The molecule has 2 heteroatoms. The standard InChI is InChI=1S/C12H18N2.C2H6/c1-11-6-7-13-12(10-11)14-8-4-2-3-5-9-14;1-2/h6-7,10H,2-5,8-9H2,1H3;1-2H3. The number of anilines is 1. The van der Waals surface area contributed by atoms with Gasteiger partial charge in [0.1, 0.15) is 5.82 Å². The second kappa shape index (κ2) is 7.26. The highest BCUT2D eigenvalue weighted by Crippen LogP contribution is 2.17. The van der Waals surface area contributed by atoms with Crippen LogP contribution < -0.4 is 4.90 Å². The van der Waals surface area contributed by atoms with Crippen LogP contribution in [0.5, 0.6) is 0 Å². The van der Waals surface area contributed by atoms with Gasteiger partial charge in [-0.15, -0.1) is 0 Å². The molecule has 1 fully saturated rings. The van der Waals surface area contributed by atoms with Crippen molar-refractivity contribution in [3.8, 4) is 0 Å². The fourth-order valence-electron chi connectivity index (χ4n) is 1.99. The van der Waals surface area contributed by atoms with E-state index in [-0.39, 0.29) is 0 Å². The number of aromatic nitrogens is 1. The van der Waals surface area contributed by atoms with Crippen molar-refractivity contribution >= 4 is 5.82 Å². The number of rotatable bonds is 1. The Morgan fingerprint density at radius 1 is 1.06 bits per heavy atom. The molecule has 90 valence electrons. The molecule has 16 heavy (non-hydrogen) atoms. The van der Waals surface area contributed by atoms with Crippen molar-refractivity contribution in [3.63, 3.8) is 0 Å². The van der Waals surface area contributed by atoms with Crippen molar-refractivity contribution < 1.29 is 0 Å². The van der Waals surface area contributed by atoms with Crippen LogP contribution in [0.4, 0.5) is 5.82 Å². The molecule has 0 spiro atoms. The molecule has 2 heterocycles. The van der Waals surface area contributed by atoms with Crippen LogP contribution in [0.3, 0.4) is 0 Å². The minimum atomic E-state index is 1.16. The molecule has 0 radical (unpaired) electrons. The minimum absolute atomic E-state index is 1.16. The summed E-state index contributed by atoms with van der Waals surface area (Å²) in [6.07, 6.45) is 7.30. The number of pyridine rings is 1. The second-order valence-corrected chi connectivity index (χ2v) is 4.09. The average Bonchev–Trinajstić information content (AvgIpc) is 2.60. The van der Waals surface area contributed by atoms with Crippen molar-refractivity contribution in [2.24, 2.45) is 0 Å². The summed E-state index contributed by atoms with van der Waals surface area (Å²) in [5, 5.41) is 0. The van der Waals surface area contributed by atoms with E-state index >= 15 is 0 Å².